The van der Waals surface area contributed by atoms with Crippen molar-refractivity contribution in [1.29, 1.82) is 0 Å². The number of rotatable bonds is 8. The number of nitrogens with zero attached hydrogens (tertiary/aromatic N) is 4. The maximum atomic E-state index is 5.23. The quantitative estimate of drug-likeness (QED) is 0.144. The van der Waals surface area contributed by atoms with Crippen molar-refractivity contribution in [1.82, 2.24) is 19.9 Å². The van der Waals surface area contributed by atoms with Crippen LogP contribution in [-0.4, -0.2) is 19.9 Å². The van der Waals surface area contributed by atoms with Gasteiger partial charge in [0.1, 0.15) is 0 Å². The summed E-state index contributed by atoms with van der Waals surface area (Å²) in [6, 6.07) is 80.6. The molecule has 4 nitrogen and oxygen atoms in total. The van der Waals surface area contributed by atoms with Crippen molar-refractivity contribution in [2.45, 2.75) is 0 Å². The van der Waals surface area contributed by atoms with E-state index in [0.29, 0.717) is 17.5 Å². The van der Waals surface area contributed by atoms with E-state index in [9.17, 15) is 0 Å². The highest BCUT2D eigenvalue weighted by molar-refractivity contribution is 6.14. The predicted octanol–water partition coefficient (Wildman–Crippen LogP) is 14.9. The van der Waals surface area contributed by atoms with Crippen LogP contribution in [-0.2, 0) is 0 Å². The van der Waals surface area contributed by atoms with Gasteiger partial charge in [-0.15, -0.1) is 0 Å². The third-order valence-corrected chi connectivity index (χ3v) is 11.5. The molecular weight excluding hydrogens is 753 g/mol. The molecule has 2 heterocycles. The topological polar surface area (TPSA) is 51.6 Å². The molecule has 0 radical (unpaired) electrons. The maximum Gasteiger partial charge on any atom is 0.164 e. The summed E-state index contributed by atoms with van der Waals surface area (Å²) >= 11 is 0. The SMILES string of the molecule is c1ccc(-c2cc(-c3ccccc3)cc(-c3nc(-c4ccccc4)nc(-c4cccc(-c5ccc6c(ccc7nc(-c8ccccc8)cc(-c8ccccc8)c76)c5)c4)n3)c2)cc1. The molecule has 2 aromatic heterocycles. The highest BCUT2D eigenvalue weighted by Gasteiger charge is 2.17. The van der Waals surface area contributed by atoms with Crippen molar-refractivity contribution in [3.63, 3.8) is 0 Å². The summed E-state index contributed by atoms with van der Waals surface area (Å²) in [4.78, 5) is 20.7. The van der Waals surface area contributed by atoms with Crippen LogP contribution in [0.3, 0.4) is 0 Å². The Balaban J connectivity index is 1.03. The Morgan fingerprint density at radius 2 is 0.694 bits per heavy atom. The molecule has 0 fully saturated rings. The van der Waals surface area contributed by atoms with E-state index in [-0.39, 0.29) is 0 Å². The molecule has 0 N–H and O–H groups in total. The van der Waals surface area contributed by atoms with Gasteiger partial charge in [-0.05, 0) is 97.7 Å². The van der Waals surface area contributed by atoms with Gasteiger partial charge >= 0.3 is 0 Å². The lowest BCUT2D eigenvalue weighted by Crippen LogP contribution is -2.00. The molecule has 0 aliphatic heterocycles. The molecule has 0 amide bonds. The van der Waals surface area contributed by atoms with Crippen molar-refractivity contribution in [2.75, 3.05) is 0 Å². The smallest absolute Gasteiger partial charge is 0.164 e. The van der Waals surface area contributed by atoms with Gasteiger partial charge in [-0.25, -0.2) is 19.9 Å². The molecule has 0 saturated carbocycles. The first-order chi connectivity index (χ1) is 30.7. The molecule has 0 unspecified atom stereocenters. The fraction of sp³-hybridized carbons (Fsp3) is 0. The van der Waals surface area contributed by atoms with Gasteiger partial charge in [0.25, 0.3) is 0 Å². The molecule has 290 valence electrons. The molecule has 0 saturated heterocycles. The van der Waals surface area contributed by atoms with Crippen LogP contribution in [0.5, 0.6) is 0 Å². The highest BCUT2D eigenvalue weighted by Crippen LogP contribution is 2.39. The summed E-state index contributed by atoms with van der Waals surface area (Å²) in [6.45, 7) is 0. The van der Waals surface area contributed by atoms with Crippen LogP contribution in [0.1, 0.15) is 0 Å². The molecule has 0 atom stereocenters. The summed E-state index contributed by atoms with van der Waals surface area (Å²) in [6.07, 6.45) is 0. The first-order valence-electron chi connectivity index (χ1n) is 20.9. The van der Waals surface area contributed by atoms with Crippen molar-refractivity contribution in [3.05, 3.63) is 231 Å². The van der Waals surface area contributed by atoms with Crippen LogP contribution in [0.15, 0.2) is 231 Å². The molecule has 62 heavy (non-hydrogen) atoms. The van der Waals surface area contributed by atoms with Gasteiger partial charge < -0.3 is 0 Å². The second-order valence-electron chi connectivity index (χ2n) is 15.5. The highest BCUT2D eigenvalue weighted by atomic mass is 15.0. The Bertz CT molecular complexity index is 3310. The molecule has 0 aliphatic rings. The Kier molecular flexibility index (Phi) is 9.49. The van der Waals surface area contributed by atoms with Gasteiger partial charge in [-0.1, -0.05) is 188 Å². The van der Waals surface area contributed by atoms with E-state index in [1.165, 1.54) is 5.56 Å². The number of pyridine rings is 1. The van der Waals surface area contributed by atoms with E-state index in [4.69, 9.17) is 19.9 Å². The van der Waals surface area contributed by atoms with Crippen LogP contribution in [0, 0.1) is 0 Å². The molecule has 11 aromatic rings. The molecular formula is C58H38N4. The molecule has 11 rings (SSSR count). The Morgan fingerprint density at radius 1 is 0.242 bits per heavy atom. The zero-order chi connectivity index (χ0) is 41.2. The monoisotopic (exact) mass is 790 g/mol. The zero-order valence-electron chi connectivity index (χ0n) is 33.7. The lowest BCUT2D eigenvalue weighted by atomic mass is 9.93. The summed E-state index contributed by atoms with van der Waals surface area (Å²) in [7, 11) is 0. The third kappa shape index (κ3) is 7.20. The van der Waals surface area contributed by atoms with Crippen LogP contribution in [0.2, 0.25) is 0 Å². The minimum atomic E-state index is 0.613. The Hall–Kier alpha value is -8.34. The number of fused-ring (bicyclic) bond motifs is 3. The van der Waals surface area contributed by atoms with Crippen LogP contribution in [0.4, 0.5) is 0 Å². The van der Waals surface area contributed by atoms with Crippen molar-refractivity contribution in [2.24, 2.45) is 0 Å². The van der Waals surface area contributed by atoms with E-state index >= 15 is 0 Å². The Labute approximate surface area is 360 Å². The lowest BCUT2D eigenvalue weighted by molar-refractivity contribution is 1.07. The summed E-state index contributed by atoms with van der Waals surface area (Å²) in [5.41, 5.74) is 14.8. The molecule has 0 spiro atoms. The average molecular weight is 791 g/mol. The van der Waals surface area contributed by atoms with Crippen LogP contribution < -0.4 is 0 Å². The van der Waals surface area contributed by atoms with Gasteiger partial charge in [0.05, 0.1) is 11.2 Å². The standard InChI is InChI=1S/C58H38N4/c1-6-17-39(18-7-1)48-35-49(40-19-8-2-9-20-40)37-50(36-48)58-61-56(43-25-14-5-15-26-43)60-57(62-58)47-28-16-27-44(34-47)45-29-31-51-46(33-45)30-32-53-55(51)52(41-21-10-3-11-22-41)38-54(59-53)42-23-12-4-13-24-42/h1-38H. The first kappa shape index (κ1) is 36.7. The van der Waals surface area contributed by atoms with E-state index in [0.717, 1.165) is 88.6 Å². The van der Waals surface area contributed by atoms with Gasteiger partial charge in [-0.3, -0.25) is 0 Å². The lowest BCUT2D eigenvalue weighted by Gasteiger charge is -2.14. The summed E-state index contributed by atoms with van der Waals surface area (Å²) in [5, 5.41) is 3.45. The Morgan fingerprint density at radius 3 is 1.31 bits per heavy atom. The first-order valence-corrected chi connectivity index (χ1v) is 20.9. The van der Waals surface area contributed by atoms with Crippen molar-refractivity contribution >= 4 is 21.7 Å². The van der Waals surface area contributed by atoms with Crippen molar-refractivity contribution < 1.29 is 0 Å². The summed E-state index contributed by atoms with van der Waals surface area (Å²) in [5.74, 6) is 1.85. The van der Waals surface area contributed by atoms with E-state index in [1.54, 1.807) is 0 Å². The van der Waals surface area contributed by atoms with Gasteiger partial charge in [0.15, 0.2) is 17.5 Å². The largest absolute Gasteiger partial charge is 0.248 e. The summed E-state index contributed by atoms with van der Waals surface area (Å²) < 4.78 is 0. The zero-order valence-corrected chi connectivity index (χ0v) is 33.7. The van der Waals surface area contributed by atoms with E-state index in [1.807, 2.05) is 36.4 Å². The predicted molar refractivity (Wildman–Crippen MR) is 256 cm³/mol. The van der Waals surface area contributed by atoms with Crippen LogP contribution in [0.25, 0.3) is 112 Å². The van der Waals surface area contributed by atoms with Crippen LogP contribution >= 0.6 is 0 Å². The van der Waals surface area contributed by atoms with Gasteiger partial charge in [0.2, 0.25) is 0 Å². The van der Waals surface area contributed by atoms with Crippen molar-refractivity contribution in [3.8, 4) is 89.9 Å². The molecule has 0 aliphatic carbocycles. The number of hydrogen-bond acceptors (Lipinski definition) is 4. The minimum Gasteiger partial charge on any atom is -0.248 e. The third-order valence-electron chi connectivity index (χ3n) is 11.5. The molecule has 4 heteroatoms. The molecule has 9 aromatic carbocycles. The fourth-order valence-corrected chi connectivity index (χ4v) is 8.39. The number of benzene rings is 9. The van der Waals surface area contributed by atoms with E-state index in [2.05, 4.69) is 194 Å². The maximum absolute atomic E-state index is 5.23. The average Bonchev–Trinajstić information content (AvgIpc) is 3.37. The number of aromatic nitrogens is 4. The number of hydrogen-bond donors (Lipinski definition) is 0. The molecule has 0 bridgehead atoms. The minimum absolute atomic E-state index is 0.613. The van der Waals surface area contributed by atoms with Gasteiger partial charge in [0, 0.05) is 27.6 Å². The normalized spacial score (nSPS) is 11.2. The fourth-order valence-electron chi connectivity index (χ4n) is 8.39. The van der Waals surface area contributed by atoms with Gasteiger partial charge in [-0.2, -0.15) is 0 Å². The van der Waals surface area contributed by atoms with E-state index < -0.39 is 0 Å². The second-order valence-corrected chi connectivity index (χ2v) is 15.5. The second kappa shape index (κ2) is 16.0.